The zero-order valence-electron chi connectivity index (χ0n) is 10.7. The largest absolute Gasteiger partial charge is 0.495 e. The Kier molecular flexibility index (Phi) is 4.35. The summed E-state index contributed by atoms with van der Waals surface area (Å²) in [6.07, 6.45) is 1.65. The predicted octanol–water partition coefficient (Wildman–Crippen LogP) is 2.59. The Balaban J connectivity index is 2.00. The van der Waals surface area contributed by atoms with Gasteiger partial charge in [-0.05, 0) is 19.1 Å². The fourth-order valence-electron chi connectivity index (χ4n) is 1.56. The lowest BCUT2D eigenvalue weighted by molar-refractivity contribution is -0.116. The summed E-state index contributed by atoms with van der Waals surface area (Å²) in [5.41, 5.74) is 0.784. The van der Waals surface area contributed by atoms with Crippen LogP contribution >= 0.6 is 11.3 Å². The van der Waals surface area contributed by atoms with E-state index in [1.54, 1.807) is 20.2 Å². The quantitative estimate of drug-likeness (QED) is 0.881. The SMILES string of the molecule is COc1ccccc1N[C@@H](C)C(=O)Nc1nccs1. The first-order valence-corrected chi connectivity index (χ1v) is 6.68. The van der Waals surface area contributed by atoms with Crippen molar-refractivity contribution in [3.8, 4) is 5.75 Å². The Morgan fingerprint density at radius 1 is 1.42 bits per heavy atom. The molecule has 1 aromatic heterocycles. The molecule has 1 aromatic carbocycles. The van der Waals surface area contributed by atoms with Crippen LogP contribution in [-0.2, 0) is 4.79 Å². The van der Waals surface area contributed by atoms with E-state index in [9.17, 15) is 4.79 Å². The molecule has 0 saturated heterocycles. The van der Waals surface area contributed by atoms with Gasteiger partial charge in [0.25, 0.3) is 0 Å². The zero-order valence-corrected chi connectivity index (χ0v) is 11.5. The van der Waals surface area contributed by atoms with Crippen molar-refractivity contribution in [2.75, 3.05) is 17.7 Å². The average molecular weight is 277 g/mol. The van der Waals surface area contributed by atoms with Crippen molar-refractivity contribution >= 4 is 28.1 Å². The zero-order chi connectivity index (χ0) is 13.7. The van der Waals surface area contributed by atoms with Crippen LogP contribution in [0.3, 0.4) is 0 Å². The van der Waals surface area contributed by atoms with Gasteiger partial charge in [0.05, 0.1) is 12.8 Å². The first kappa shape index (κ1) is 13.4. The molecule has 5 nitrogen and oxygen atoms in total. The number of hydrogen-bond donors (Lipinski definition) is 2. The van der Waals surface area contributed by atoms with Gasteiger partial charge in [-0.1, -0.05) is 12.1 Å². The minimum Gasteiger partial charge on any atom is -0.495 e. The smallest absolute Gasteiger partial charge is 0.248 e. The van der Waals surface area contributed by atoms with Crippen molar-refractivity contribution in [1.29, 1.82) is 0 Å². The maximum Gasteiger partial charge on any atom is 0.248 e. The van der Waals surface area contributed by atoms with Crippen LogP contribution in [0.25, 0.3) is 0 Å². The van der Waals surface area contributed by atoms with Crippen molar-refractivity contribution in [3.63, 3.8) is 0 Å². The average Bonchev–Trinajstić information content (AvgIpc) is 2.92. The molecule has 0 fully saturated rings. The molecule has 0 saturated carbocycles. The number of ether oxygens (including phenoxy) is 1. The van der Waals surface area contributed by atoms with Crippen LogP contribution in [0.5, 0.6) is 5.75 Å². The second-order valence-electron chi connectivity index (χ2n) is 3.89. The van der Waals surface area contributed by atoms with Gasteiger partial charge < -0.3 is 15.4 Å². The number of para-hydroxylation sites is 2. The Morgan fingerprint density at radius 2 is 2.21 bits per heavy atom. The van der Waals surface area contributed by atoms with Gasteiger partial charge in [0, 0.05) is 11.6 Å². The minimum absolute atomic E-state index is 0.138. The number of hydrogen-bond acceptors (Lipinski definition) is 5. The van der Waals surface area contributed by atoms with Gasteiger partial charge in [0.2, 0.25) is 5.91 Å². The lowest BCUT2D eigenvalue weighted by Gasteiger charge is -2.16. The van der Waals surface area contributed by atoms with Crippen LogP contribution in [0.2, 0.25) is 0 Å². The monoisotopic (exact) mass is 277 g/mol. The second-order valence-corrected chi connectivity index (χ2v) is 4.79. The maximum atomic E-state index is 12.0. The molecule has 0 bridgehead atoms. The molecule has 0 unspecified atom stereocenters. The molecule has 0 radical (unpaired) electrons. The topological polar surface area (TPSA) is 63.2 Å². The lowest BCUT2D eigenvalue weighted by atomic mass is 10.2. The fraction of sp³-hybridized carbons (Fsp3) is 0.231. The van der Waals surface area contributed by atoms with Gasteiger partial charge in [-0.3, -0.25) is 4.79 Å². The van der Waals surface area contributed by atoms with Crippen molar-refractivity contribution < 1.29 is 9.53 Å². The Morgan fingerprint density at radius 3 is 2.89 bits per heavy atom. The molecule has 6 heteroatoms. The van der Waals surface area contributed by atoms with E-state index >= 15 is 0 Å². The molecule has 2 rings (SSSR count). The van der Waals surface area contributed by atoms with Crippen LogP contribution in [0.4, 0.5) is 10.8 Å². The summed E-state index contributed by atoms with van der Waals surface area (Å²) in [7, 11) is 1.60. The fourth-order valence-corrected chi connectivity index (χ4v) is 2.09. The highest BCUT2D eigenvalue weighted by atomic mass is 32.1. The maximum absolute atomic E-state index is 12.0. The second kappa shape index (κ2) is 6.19. The number of rotatable bonds is 5. The molecule has 0 aliphatic rings. The number of amides is 1. The molecule has 100 valence electrons. The Bertz CT molecular complexity index is 543. The predicted molar refractivity (Wildman–Crippen MR) is 76.8 cm³/mol. The van der Waals surface area contributed by atoms with E-state index in [2.05, 4.69) is 15.6 Å². The number of aromatic nitrogens is 1. The van der Waals surface area contributed by atoms with Gasteiger partial charge in [0.15, 0.2) is 5.13 Å². The van der Waals surface area contributed by atoms with Gasteiger partial charge in [0.1, 0.15) is 11.8 Å². The molecule has 19 heavy (non-hydrogen) atoms. The number of nitrogens with one attached hydrogen (secondary N) is 2. The molecule has 1 atom stereocenters. The first-order valence-electron chi connectivity index (χ1n) is 5.80. The molecular formula is C13H15N3O2S. The molecule has 1 amide bonds. The normalized spacial score (nSPS) is 11.7. The molecular weight excluding hydrogens is 262 g/mol. The van der Waals surface area contributed by atoms with Gasteiger partial charge in [-0.25, -0.2) is 4.98 Å². The van der Waals surface area contributed by atoms with Gasteiger partial charge >= 0.3 is 0 Å². The van der Waals surface area contributed by atoms with E-state index in [0.717, 1.165) is 5.69 Å². The van der Waals surface area contributed by atoms with Crippen LogP contribution in [0, 0.1) is 0 Å². The van der Waals surface area contributed by atoms with Crippen LogP contribution < -0.4 is 15.4 Å². The number of carbonyl (C=O) groups is 1. The summed E-state index contributed by atoms with van der Waals surface area (Å²) in [6, 6.07) is 7.08. The highest BCUT2D eigenvalue weighted by Crippen LogP contribution is 2.24. The van der Waals surface area contributed by atoms with E-state index < -0.39 is 0 Å². The summed E-state index contributed by atoms with van der Waals surface area (Å²) in [5, 5.41) is 8.27. The number of methoxy groups -OCH3 is 1. The summed E-state index contributed by atoms with van der Waals surface area (Å²) in [5.74, 6) is 0.567. The van der Waals surface area contributed by atoms with Gasteiger partial charge in [-0.2, -0.15) is 0 Å². The number of nitrogens with zero attached hydrogens (tertiary/aromatic N) is 1. The Hall–Kier alpha value is -2.08. The van der Waals surface area contributed by atoms with E-state index in [1.807, 2.05) is 29.6 Å². The van der Waals surface area contributed by atoms with Gasteiger partial charge in [-0.15, -0.1) is 11.3 Å². The summed E-state index contributed by atoms with van der Waals surface area (Å²) in [6.45, 7) is 1.79. The summed E-state index contributed by atoms with van der Waals surface area (Å²) in [4.78, 5) is 16.0. The molecule has 1 heterocycles. The third kappa shape index (κ3) is 3.45. The van der Waals surface area contributed by atoms with Crippen molar-refractivity contribution in [3.05, 3.63) is 35.8 Å². The van der Waals surface area contributed by atoms with Crippen molar-refractivity contribution in [1.82, 2.24) is 4.98 Å². The van der Waals surface area contributed by atoms with E-state index in [-0.39, 0.29) is 11.9 Å². The third-order valence-corrected chi connectivity index (χ3v) is 3.22. The van der Waals surface area contributed by atoms with Crippen LogP contribution in [-0.4, -0.2) is 24.0 Å². The number of carbonyl (C=O) groups excluding carboxylic acids is 1. The van der Waals surface area contributed by atoms with Crippen LogP contribution in [0.15, 0.2) is 35.8 Å². The van der Waals surface area contributed by atoms with Crippen molar-refractivity contribution in [2.45, 2.75) is 13.0 Å². The minimum atomic E-state index is -0.389. The number of benzene rings is 1. The lowest BCUT2D eigenvalue weighted by Crippen LogP contribution is -2.31. The van der Waals surface area contributed by atoms with E-state index in [0.29, 0.717) is 10.9 Å². The molecule has 2 N–H and O–H groups in total. The van der Waals surface area contributed by atoms with E-state index in [1.165, 1.54) is 11.3 Å². The highest BCUT2D eigenvalue weighted by Gasteiger charge is 2.15. The standard InChI is InChI=1S/C13H15N3O2S/c1-9(12(17)16-13-14-7-8-19-13)15-10-5-3-4-6-11(10)18-2/h3-9,15H,1-2H3,(H,14,16,17)/t9-/m0/s1. The molecule has 0 spiro atoms. The molecule has 0 aliphatic carbocycles. The first-order chi connectivity index (χ1) is 9.20. The number of anilines is 2. The summed E-state index contributed by atoms with van der Waals surface area (Å²) < 4.78 is 5.23. The van der Waals surface area contributed by atoms with Crippen molar-refractivity contribution in [2.24, 2.45) is 0 Å². The molecule has 2 aromatic rings. The van der Waals surface area contributed by atoms with Crippen LogP contribution in [0.1, 0.15) is 6.92 Å². The highest BCUT2D eigenvalue weighted by molar-refractivity contribution is 7.13. The molecule has 0 aliphatic heterocycles. The third-order valence-electron chi connectivity index (χ3n) is 2.53. The van der Waals surface area contributed by atoms with E-state index in [4.69, 9.17) is 4.74 Å². The number of thiazole rings is 1. The summed E-state index contributed by atoms with van der Waals surface area (Å²) >= 11 is 1.39. The Labute approximate surface area is 115 Å².